The predicted molar refractivity (Wildman–Crippen MR) is 94.0 cm³/mol. The van der Waals surface area contributed by atoms with Crippen molar-refractivity contribution in [2.75, 3.05) is 6.61 Å². The number of benzene rings is 1. The minimum absolute atomic E-state index is 0.122. The Morgan fingerprint density at radius 1 is 1.29 bits per heavy atom. The Morgan fingerprint density at radius 3 is 2.67 bits per heavy atom. The van der Waals surface area contributed by atoms with Gasteiger partial charge in [0.25, 0.3) is 5.91 Å². The minimum Gasteiger partial charge on any atom is -0.465 e. The summed E-state index contributed by atoms with van der Waals surface area (Å²) in [6.45, 7) is 1.65. The number of hydrogen-bond acceptors (Lipinski definition) is 4. The molecule has 0 aliphatic carbocycles. The van der Waals surface area contributed by atoms with E-state index < -0.39 is 5.97 Å². The van der Waals surface area contributed by atoms with Gasteiger partial charge in [-0.3, -0.25) is 4.79 Å². The summed E-state index contributed by atoms with van der Waals surface area (Å²) < 4.78 is 10.9. The zero-order chi connectivity index (χ0) is 17.4. The third-order valence-corrected chi connectivity index (χ3v) is 3.82. The van der Waals surface area contributed by atoms with E-state index >= 15 is 0 Å². The highest BCUT2D eigenvalue weighted by Gasteiger charge is 2.13. The molecule has 0 radical (unpaired) electrons. The fourth-order valence-corrected chi connectivity index (χ4v) is 2.34. The van der Waals surface area contributed by atoms with Crippen molar-refractivity contribution in [3.8, 4) is 0 Å². The molecule has 2 aromatic rings. The van der Waals surface area contributed by atoms with Gasteiger partial charge < -0.3 is 14.5 Å². The minimum atomic E-state index is -0.599. The van der Waals surface area contributed by atoms with Gasteiger partial charge in [-0.05, 0) is 42.3 Å². The number of ether oxygens (including phenoxy) is 1. The molecule has 0 unspecified atom stereocenters. The van der Waals surface area contributed by atoms with Gasteiger partial charge in [-0.2, -0.15) is 0 Å². The highest BCUT2D eigenvalue weighted by molar-refractivity contribution is 9.10. The third kappa shape index (κ3) is 5.70. The number of rotatable bonds is 7. The van der Waals surface area contributed by atoms with E-state index in [-0.39, 0.29) is 18.6 Å². The average molecular weight is 392 g/mol. The normalized spacial score (nSPS) is 12.1. The van der Waals surface area contributed by atoms with E-state index in [1.54, 1.807) is 12.1 Å². The van der Waals surface area contributed by atoms with Gasteiger partial charge in [-0.25, -0.2) is 4.79 Å². The number of hydrogen-bond donors (Lipinski definition) is 1. The molecule has 0 saturated heterocycles. The zero-order valence-electron chi connectivity index (χ0n) is 13.2. The summed E-state index contributed by atoms with van der Waals surface area (Å²) >= 11 is 3.38. The van der Waals surface area contributed by atoms with Crippen molar-refractivity contribution in [1.29, 1.82) is 0 Å². The maximum Gasteiger partial charge on any atom is 0.331 e. The van der Waals surface area contributed by atoms with Crippen molar-refractivity contribution < 1.29 is 18.7 Å². The van der Waals surface area contributed by atoms with Gasteiger partial charge in [0.05, 0.1) is 12.3 Å². The summed E-state index contributed by atoms with van der Waals surface area (Å²) in [4.78, 5) is 23.5. The van der Waals surface area contributed by atoms with Crippen molar-refractivity contribution in [2.45, 2.75) is 19.4 Å². The van der Waals surface area contributed by atoms with Crippen LogP contribution in [0, 0.1) is 0 Å². The van der Waals surface area contributed by atoms with E-state index in [4.69, 9.17) is 9.15 Å². The first-order valence-electron chi connectivity index (χ1n) is 7.51. The van der Waals surface area contributed by atoms with Crippen LogP contribution in [0.5, 0.6) is 0 Å². The Kier molecular flexibility index (Phi) is 6.81. The van der Waals surface area contributed by atoms with E-state index in [1.807, 2.05) is 31.2 Å². The van der Waals surface area contributed by atoms with E-state index in [0.29, 0.717) is 5.76 Å². The first-order valence-corrected chi connectivity index (χ1v) is 8.31. The van der Waals surface area contributed by atoms with Crippen molar-refractivity contribution in [3.63, 3.8) is 0 Å². The molecule has 2 rings (SSSR count). The zero-order valence-corrected chi connectivity index (χ0v) is 14.8. The van der Waals surface area contributed by atoms with Gasteiger partial charge in [-0.15, -0.1) is 0 Å². The second-order valence-corrected chi connectivity index (χ2v) is 5.95. The third-order valence-electron chi connectivity index (χ3n) is 3.29. The number of halogens is 1. The lowest BCUT2D eigenvalue weighted by Crippen LogP contribution is -2.32. The fraction of sp³-hybridized carbons (Fsp3) is 0.222. The molecule has 0 fully saturated rings. The molecule has 1 aromatic carbocycles. The molecule has 1 atom stereocenters. The molecule has 5 nitrogen and oxygen atoms in total. The monoisotopic (exact) mass is 391 g/mol. The lowest BCUT2D eigenvalue weighted by molar-refractivity contribution is -0.144. The molecule has 1 amide bonds. The van der Waals surface area contributed by atoms with Gasteiger partial charge >= 0.3 is 5.97 Å². The van der Waals surface area contributed by atoms with Crippen LogP contribution in [0.1, 0.15) is 30.7 Å². The van der Waals surface area contributed by atoms with Crippen LogP contribution in [0.25, 0.3) is 6.08 Å². The van der Waals surface area contributed by atoms with Crippen LogP contribution in [-0.4, -0.2) is 18.5 Å². The molecule has 6 heteroatoms. The molecule has 0 bridgehead atoms. The first kappa shape index (κ1) is 18.0. The van der Waals surface area contributed by atoms with Gasteiger partial charge in [0, 0.05) is 10.5 Å². The summed E-state index contributed by atoms with van der Waals surface area (Å²) in [5.74, 6) is -0.402. The molecule has 0 aliphatic heterocycles. The van der Waals surface area contributed by atoms with Crippen LogP contribution in [0.2, 0.25) is 0 Å². The van der Waals surface area contributed by atoms with Crippen LogP contribution in [-0.2, 0) is 14.3 Å². The Morgan fingerprint density at radius 2 is 2.04 bits per heavy atom. The molecular weight excluding hydrogens is 374 g/mol. The van der Waals surface area contributed by atoms with Crippen LogP contribution < -0.4 is 5.32 Å². The van der Waals surface area contributed by atoms with Gasteiger partial charge in [0.15, 0.2) is 6.61 Å². The quantitative estimate of drug-likeness (QED) is 0.574. The van der Waals surface area contributed by atoms with Crippen molar-refractivity contribution in [3.05, 3.63) is 64.5 Å². The summed E-state index contributed by atoms with van der Waals surface area (Å²) in [6, 6.07) is 11.0. The number of carbonyl (C=O) groups is 2. The number of nitrogens with one attached hydrogen (secondary N) is 1. The first-order chi connectivity index (χ1) is 11.6. The van der Waals surface area contributed by atoms with Crippen molar-refractivity contribution in [1.82, 2.24) is 5.32 Å². The molecule has 0 aliphatic rings. The van der Waals surface area contributed by atoms with E-state index in [0.717, 1.165) is 16.5 Å². The highest BCUT2D eigenvalue weighted by Crippen LogP contribution is 2.19. The summed E-state index contributed by atoms with van der Waals surface area (Å²) in [7, 11) is 0. The van der Waals surface area contributed by atoms with E-state index in [9.17, 15) is 9.59 Å². The number of esters is 1. The fourth-order valence-electron chi connectivity index (χ4n) is 2.07. The standard InChI is InChI=1S/C18H18BrNO4/c1-2-16(13-5-7-14(19)8-6-13)20-17(21)12-24-18(22)10-9-15-4-3-11-23-15/h3-11,16H,2,12H2,1H3,(H,20,21)/b10-9+/t16-/m1/s1. The average Bonchev–Trinajstić information content (AvgIpc) is 3.10. The van der Waals surface area contributed by atoms with Gasteiger partial charge in [-0.1, -0.05) is 35.0 Å². The summed E-state index contributed by atoms with van der Waals surface area (Å²) in [5.41, 5.74) is 0.998. The lowest BCUT2D eigenvalue weighted by atomic mass is 10.0. The molecule has 0 saturated carbocycles. The number of amides is 1. The Bertz CT molecular complexity index is 692. The predicted octanol–water partition coefficient (Wildman–Crippen LogP) is 3.87. The molecular formula is C18H18BrNO4. The SMILES string of the molecule is CC[C@@H](NC(=O)COC(=O)/C=C/c1ccco1)c1ccc(Br)cc1. The smallest absolute Gasteiger partial charge is 0.331 e. The molecule has 0 spiro atoms. The topological polar surface area (TPSA) is 68.5 Å². The van der Waals surface area contributed by atoms with E-state index in [1.165, 1.54) is 18.4 Å². The highest BCUT2D eigenvalue weighted by atomic mass is 79.9. The molecule has 1 heterocycles. The number of carbonyl (C=O) groups excluding carboxylic acids is 2. The second-order valence-electron chi connectivity index (χ2n) is 5.04. The Balaban J connectivity index is 1.81. The van der Waals surface area contributed by atoms with Gasteiger partial charge in [0.2, 0.25) is 0 Å². The molecule has 1 N–H and O–H groups in total. The van der Waals surface area contributed by atoms with Crippen LogP contribution in [0.15, 0.2) is 57.6 Å². The molecule has 1 aromatic heterocycles. The summed E-state index contributed by atoms with van der Waals surface area (Å²) in [5, 5.41) is 2.85. The van der Waals surface area contributed by atoms with E-state index in [2.05, 4.69) is 21.2 Å². The maximum atomic E-state index is 11.9. The second kappa shape index (κ2) is 9.08. The Labute approximate surface area is 148 Å². The Hall–Kier alpha value is -2.34. The molecule has 126 valence electrons. The van der Waals surface area contributed by atoms with Crippen molar-refractivity contribution >= 4 is 33.9 Å². The van der Waals surface area contributed by atoms with Crippen LogP contribution >= 0.6 is 15.9 Å². The summed E-state index contributed by atoms with van der Waals surface area (Å²) in [6.07, 6.45) is 4.94. The van der Waals surface area contributed by atoms with Crippen molar-refractivity contribution in [2.24, 2.45) is 0 Å². The number of furan rings is 1. The molecule has 24 heavy (non-hydrogen) atoms. The van der Waals surface area contributed by atoms with Crippen LogP contribution in [0.4, 0.5) is 0 Å². The largest absolute Gasteiger partial charge is 0.465 e. The lowest BCUT2D eigenvalue weighted by Gasteiger charge is -2.17. The van der Waals surface area contributed by atoms with Gasteiger partial charge in [0.1, 0.15) is 5.76 Å². The maximum absolute atomic E-state index is 11.9. The van der Waals surface area contributed by atoms with Crippen LogP contribution in [0.3, 0.4) is 0 Å².